The lowest BCUT2D eigenvalue weighted by atomic mass is 10.1. The predicted molar refractivity (Wildman–Crippen MR) is 80.3 cm³/mol. The van der Waals surface area contributed by atoms with Gasteiger partial charge in [0.25, 0.3) is 5.91 Å². The highest BCUT2D eigenvalue weighted by molar-refractivity contribution is 6.05. The molecule has 0 aliphatic heterocycles. The quantitative estimate of drug-likeness (QED) is 0.773. The molecule has 0 saturated heterocycles. The molecule has 0 bridgehead atoms. The van der Waals surface area contributed by atoms with Gasteiger partial charge in [0.05, 0.1) is 16.8 Å². The Bertz CT molecular complexity index is 766. The number of rotatable bonds is 4. The number of aryl methyl sites for hydroxylation is 2. The molecule has 108 valence electrons. The van der Waals surface area contributed by atoms with Crippen molar-refractivity contribution in [3.8, 4) is 0 Å². The predicted octanol–water partition coefficient (Wildman–Crippen LogP) is 2.75. The van der Waals surface area contributed by atoms with Crippen LogP contribution in [-0.4, -0.2) is 22.6 Å². The van der Waals surface area contributed by atoms with Crippen molar-refractivity contribution in [1.82, 2.24) is 15.5 Å². The molecule has 3 rings (SSSR count). The first-order valence-corrected chi connectivity index (χ1v) is 6.93. The third kappa shape index (κ3) is 2.54. The van der Waals surface area contributed by atoms with Gasteiger partial charge in [-0.05, 0) is 32.4 Å². The number of nitrogens with one attached hydrogen (secondary N) is 2. The average Bonchev–Trinajstić information content (AvgIpc) is 3.07. The van der Waals surface area contributed by atoms with Crippen LogP contribution in [0.2, 0.25) is 0 Å². The molecule has 0 radical (unpaired) electrons. The Balaban J connectivity index is 1.68. The number of fused-ring (bicyclic) bond motifs is 1. The van der Waals surface area contributed by atoms with Crippen LogP contribution in [-0.2, 0) is 6.42 Å². The van der Waals surface area contributed by atoms with Crippen molar-refractivity contribution in [3.63, 3.8) is 0 Å². The molecule has 5 nitrogen and oxygen atoms in total. The molecule has 21 heavy (non-hydrogen) atoms. The molecule has 0 unspecified atom stereocenters. The zero-order valence-electron chi connectivity index (χ0n) is 12.1. The topological polar surface area (TPSA) is 70.9 Å². The van der Waals surface area contributed by atoms with Crippen molar-refractivity contribution in [2.75, 3.05) is 6.54 Å². The van der Waals surface area contributed by atoms with Crippen LogP contribution in [0.4, 0.5) is 0 Å². The van der Waals surface area contributed by atoms with Crippen molar-refractivity contribution >= 4 is 16.8 Å². The lowest BCUT2D eigenvalue weighted by molar-refractivity contribution is 0.0955. The van der Waals surface area contributed by atoms with E-state index in [1.54, 1.807) is 0 Å². The minimum absolute atomic E-state index is 0.0742. The highest BCUT2D eigenvalue weighted by atomic mass is 16.5. The van der Waals surface area contributed by atoms with Crippen molar-refractivity contribution in [2.24, 2.45) is 0 Å². The van der Waals surface area contributed by atoms with Gasteiger partial charge < -0.3 is 14.8 Å². The molecule has 2 heterocycles. The summed E-state index contributed by atoms with van der Waals surface area (Å²) >= 11 is 0. The lowest BCUT2D eigenvalue weighted by Gasteiger charge is -2.06. The second-order valence-electron chi connectivity index (χ2n) is 5.06. The first kappa shape index (κ1) is 13.4. The number of aromatic nitrogens is 2. The van der Waals surface area contributed by atoms with E-state index in [1.165, 1.54) is 0 Å². The van der Waals surface area contributed by atoms with Gasteiger partial charge in [-0.3, -0.25) is 4.79 Å². The SMILES string of the molecule is Cc1noc(C)c1CCNC(=O)c1cccc2cc[nH]c12. The molecule has 1 aromatic carbocycles. The normalized spacial score (nSPS) is 11.0. The summed E-state index contributed by atoms with van der Waals surface area (Å²) in [6.07, 6.45) is 2.55. The molecule has 5 heteroatoms. The lowest BCUT2D eigenvalue weighted by Crippen LogP contribution is -2.26. The Labute approximate surface area is 122 Å². The van der Waals surface area contributed by atoms with E-state index in [4.69, 9.17) is 4.52 Å². The van der Waals surface area contributed by atoms with Gasteiger partial charge in [0, 0.05) is 23.7 Å². The Morgan fingerprint density at radius 1 is 1.33 bits per heavy atom. The minimum atomic E-state index is -0.0742. The van der Waals surface area contributed by atoms with Gasteiger partial charge >= 0.3 is 0 Å². The van der Waals surface area contributed by atoms with Gasteiger partial charge in [-0.1, -0.05) is 17.3 Å². The second kappa shape index (κ2) is 5.44. The standard InChI is InChI=1S/C16H17N3O2/c1-10-13(11(2)21-19-10)7-9-18-16(20)14-5-3-4-12-6-8-17-15(12)14/h3-6,8,17H,7,9H2,1-2H3,(H,18,20). The number of hydrogen-bond acceptors (Lipinski definition) is 3. The Hall–Kier alpha value is -2.56. The fraction of sp³-hybridized carbons (Fsp3) is 0.250. The van der Waals surface area contributed by atoms with Crippen LogP contribution in [0.15, 0.2) is 35.0 Å². The number of carbonyl (C=O) groups excluding carboxylic acids is 1. The van der Waals surface area contributed by atoms with E-state index in [0.29, 0.717) is 18.5 Å². The number of carbonyl (C=O) groups is 1. The van der Waals surface area contributed by atoms with Gasteiger partial charge in [0.2, 0.25) is 0 Å². The number of benzene rings is 1. The third-order valence-corrected chi connectivity index (χ3v) is 3.67. The Kier molecular flexibility index (Phi) is 3.48. The van der Waals surface area contributed by atoms with E-state index < -0.39 is 0 Å². The molecule has 0 spiro atoms. The maximum absolute atomic E-state index is 12.3. The number of hydrogen-bond donors (Lipinski definition) is 2. The van der Waals surface area contributed by atoms with Gasteiger partial charge in [-0.15, -0.1) is 0 Å². The summed E-state index contributed by atoms with van der Waals surface area (Å²) in [5, 5.41) is 7.89. The summed E-state index contributed by atoms with van der Waals surface area (Å²) in [4.78, 5) is 15.4. The Morgan fingerprint density at radius 2 is 2.19 bits per heavy atom. The average molecular weight is 283 g/mol. The van der Waals surface area contributed by atoms with Gasteiger partial charge in [0.15, 0.2) is 0 Å². The fourth-order valence-electron chi connectivity index (χ4n) is 2.53. The molecular formula is C16H17N3O2. The molecule has 2 aromatic heterocycles. The van der Waals surface area contributed by atoms with Crippen molar-refractivity contribution in [3.05, 3.63) is 53.0 Å². The van der Waals surface area contributed by atoms with Crippen LogP contribution >= 0.6 is 0 Å². The summed E-state index contributed by atoms with van der Waals surface area (Å²) in [6, 6.07) is 7.64. The van der Waals surface area contributed by atoms with E-state index in [9.17, 15) is 4.79 Å². The summed E-state index contributed by atoms with van der Waals surface area (Å²) < 4.78 is 5.12. The zero-order chi connectivity index (χ0) is 14.8. The van der Waals surface area contributed by atoms with Gasteiger partial charge in [-0.25, -0.2) is 0 Å². The maximum Gasteiger partial charge on any atom is 0.253 e. The monoisotopic (exact) mass is 283 g/mol. The third-order valence-electron chi connectivity index (χ3n) is 3.67. The molecule has 0 aliphatic rings. The highest BCUT2D eigenvalue weighted by Gasteiger charge is 2.12. The molecule has 1 amide bonds. The van der Waals surface area contributed by atoms with Crippen molar-refractivity contribution < 1.29 is 9.32 Å². The summed E-state index contributed by atoms with van der Waals surface area (Å²) in [5.74, 6) is 0.739. The molecule has 2 N–H and O–H groups in total. The zero-order valence-corrected chi connectivity index (χ0v) is 12.1. The first-order valence-electron chi connectivity index (χ1n) is 6.93. The van der Waals surface area contributed by atoms with E-state index in [-0.39, 0.29) is 5.91 Å². The molecule has 0 fully saturated rings. The second-order valence-corrected chi connectivity index (χ2v) is 5.06. The number of aromatic amines is 1. The van der Waals surface area contributed by atoms with Crippen LogP contribution < -0.4 is 5.32 Å². The number of nitrogens with zero attached hydrogens (tertiary/aromatic N) is 1. The summed E-state index contributed by atoms with van der Waals surface area (Å²) in [5.41, 5.74) is 3.48. The molecule has 0 atom stereocenters. The van der Waals surface area contributed by atoms with Crippen LogP contribution in [0, 0.1) is 13.8 Å². The number of amides is 1. The van der Waals surface area contributed by atoms with E-state index >= 15 is 0 Å². The molecule has 3 aromatic rings. The van der Waals surface area contributed by atoms with E-state index in [2.05, 4.69) is 15.5 Å². The van der Waals surface area contributed by atoms with Crippen LogP contribution in [0.1, 0.15) is 27.4 Å². The first-order chi connectivity index (χ1) is 10.2. The number of H-pyrrole nitrogens is 1. The van der Waals surface area contributed by atoms with Crippen LogP contribution in [0.3, 0.4) is 0 Å². The van der Waals surface area contributed by atoms with Crippen molar-refractivity contribution in [2.45, 2.75) is 20.3 Å². The van der Waals surface area contributed by atoms with Gasteiger partial charge in [-0.2, -0.15) is 0 Å². The molecule has 0 saturated carbocycles. The van der Waals surface area contributed by atoms with Crippen molar-refractivity contribution in [1.29, 1.82) is 0 Å². The molecular weight excluding hydrogens is 266 g/mol. The minimum Gasteiger partial charge on any atom is -0.361 e. The van der Waals surface area contributed by atoms with Crippen LogP contribution in [0.25, 0.3) is 10.9 Å². The molecule has 0 aliphatic carbocycles. The van der Waals surface area contributed by atoms with E-state index in [1.807, 2.05) is 44.3 Å². The Morgan fingerprint density at radius 3 is 2.95 bits per heavy atom. The summed E-state index contributed by atoms with van der Waals surface area (Å²) in [6.45, 7) is 4.35. The maximum atomic E-state index is 12.3. The summed E-state index contributed by atoms with van der Waals surface area (Å²) in [7, 11) is 0. The fourth-order valence-corrected chi connectivity index (χ4v) is 2.53. The smallest absolute Gasteiger partial charge is 0.253 e. The largest absolute Gasteiger partial charge is 0.361 e. The van der Waals surface area contributed by atoms with Crippen LogP contribution in [0.5, 0.6) is 0 Å². The highest BCUT2D eigenvalue weighted by Crippen LogP contribution is 2.17. The number of para-hydroxylation sites is 1. The van der Waals surface area contributed by atoms with Gasteiger partial charge in [0.1, 0.15) is 5.76 Å². The van der Waals surface area contributed by atoms with E-state index in [0.717, 1.165) is 27.9 Å².